The van der Waals surface area contributed by atoms with Gasteiger partial charge in [0, 0.05) is 33.2 Å². The number of carbonyl (C=O) groups excluding carboxylic acids is 2. The molecule has 0 bridgehead atoms. The topological polar surface area (TPSA) is 83.4 Å². The number of nitrogens with one attached hydrogen (secondary N) is 1. The predicted molar refractivity (Wildman–Crippen MR) is 106 cm³/mol. The first-order chi connectivity index (χ1) is 13.5. The maximum absolute atomic E-state index is 12.8. The Hall–Kier alpha value is -2.74. The summed E-state index contributed by atoms with van der Waals surface area (Å²) >= 11 is 0. The molecule has 28 heavy (non-hydrogen) atoms. The lowest BCUT2D eigenvalue weighted by molar-refractivity contribution is -0.138. The van der Waals surface area contributed by atoms with Crippen LogP contribution in [-0.2, 0) is 22.6 Å². The van der Waals surface area contributed by atoms with Crippen molar-refractivity contribution < 1.29 is 9.59 Å². The molecule has 150 valence electrons. The normalized spacial score (nSPS) is 17.5. The molecule has 1 N–H and O–H groups in total. The Morgan fingerprint density at radius 2 is 1.93 bits per heavy atom. The van der Waals surface area contributed by atoms with Gasteiger partial charge in [0.1, 0.15) is 24.2 Å². The fourth-order valence-corrected chi connectivity index (χ4v) is 3.59. The van der Waals surface area contributed by atoms with Gasteiger partial charge in [-0.2, -0.15) is 5.10 Å². The Kier molecular flexibility index (Phi) is 6.41. The standard InChI is InChI=1S/C20H28N6O2/c1-15-22-16(2)26(23-15)14-19(27)25-12-11-24(18(13-25)20(28)21-3)10-9-17-7-5-4-6-8-17/h4-8,18H,9-14H2,1-3H3,(H,21,28). The van der Waals surface area contributed by atoms with E-state index in [2.05, 4.69) is 32.4 Å². The number of carbonyl (C=O) groups is 2. The van der Waals surface area contributed by atoms with Crippen LogP contribution >= 0.6 is 0 Å². The Morgan fingerprint density at radius 1 is 1.18 bits per heavy atom. The van der Waals surface area contributed by atoms with Crippen molar-refractivity contribution in [1.29, 1.82) is 0 Å². The first kappa shape index (κ1) is 20.0. The molecular formula is C20H28N6O2. The number of likely N-dealkylation sites (N-methyl/N-ethyl adjacent to an activating group) is 1. The van der Waals surface area contributed by atoms with E-state index < -0.39 is 0 Å². The van der Waals surface area contributed by atoms with Gasteiger partial charge in [-0.05, 0) is 25.8 Å². The maximum Gasteiger partial charge on any atom is 0.244 e. The van der Waals surface area contributed by atoms with E-state index in [9.17, 15) is 9.59 Å². The van der Waals surface area contributed by atoms with Crippen molar-refractivity contribution in [2.24, 2.45) is 0 Å². The van der Waals surface area contributed by atoms with Gasteiger partial charge in [-0.15, -0.1) is 0 Å². The zero-order valence-electron chi connectivity index (χ0n) is 16.8. The van der Waals surface area contributed by atoms with E-state index in [1.54, 1.807) is 23.6 Å². The van der Waals surface area contributed by atoms with E-state index in [1.807, 2.05) is 25.1 Å². The van der Waals surface area contributed by atoms with Gasteiger partial charge in [0.15, 0.2) is 0 Å². The van der Waals surface area contributed by atoms with E-state index in [-0.39, 0.29) is 24.4 Å². The molecule has 0 spiro atoms. The number of rotatable bonds is 6. The summed E-state index contributed by atoms with van der Waals surface area (Å²) in [4.78, 5) is 33.4. The second kappa shape index (κ2) is 8.97. The van der Waals surface area contributed by atoms with Crippen LogP contribution in [0.3, 0.4) is 0 Å². The van der Waals surface area contributed by atoms with E-state index >= 15 is 0 Å². The summed E-state index contributed by atoms with van der Waals surface area (Å²) in [6.07, 6.45) is 0.875. The molecule has 2 heterocycles. The van der Waals surface area contributed by atoms with Crippen LogP contribution < -0.4 is 5.32 Å². The number of aromatic nitrogens is 3. The van der Waals surface area contributed by atoms with E-state index in [0.717, 1.165) is 18.8 Å². The van der Waals surface area contributed by atoms with Gasteiger partial charge in [0.2, 0.25) is 11.8 Å². The van der Waals surface area contributed by atoms with Crippen molar-refractivity contribution >= 4 is 11.8 Å². The molecule has 1 aromatic heterocycles. The minimum Gasteiger partial charge on any atom is -0.358 e. The molecule has 1 saturated heterocycles. The number of piperazine rings is 1. The molecular weight excluding hydrogens is 356 g/mol. The Balaban J connectivity index is 1.63. The third kappa shape index (κ3) is 4.75. The molecule has 1 aromatic carbocycles. The molecule has 2 aromatic rings. The molecule has 1 aliphatic rings. The van der Waals surface area contributed by atoms with Crippen molar-refractivity contribution in [3.05, 3.63) is 47.5 Å². The lowest BCUT2D eigenvalue weighted by Gasteiger charge is -2.40. The number of aryl methyl sites for hydroxylation is 2. The smallest absolute Gasteiger partial charge is 0.244 e. The van der Waals surface area contributed by atoms with Crippen molar-refractivity contribution in [2.75, 3.05) is 33.2 Å². The average molecular weight is 384 g/mol. The van der Waals surface area contributed by atoms with Crippen LogP contribution in [0.25, 0.3) is 0 Å². The van der Waals surface area contributed by atoms with E-state index in [0.29, 0.717) is 25.5 Å². The molecule has 1 fully saturated rings. The Morgan fingerprint density at radius 3 is 2.57 bits per heavy atom. The van der Waals surface area contributed by atoms with Gasteiger partial charge in [-0.1, -0.05) is 30.3 Å². The lowest BCUT2D eigenvalue weighted by atomic mass is 10.1. The first-order valence-corrected chi connectivity index (χ1v) is 9.63. The molecule has 3 rings (SSSR count). The minimum absolute atomic E-state index is 0.0374. The predicted octanol–water partition coefficient (Wildman–Crippen LogP) is 0.396. The van der Waals surface area contributed by atoms with Crippen LogP contribution in [0.5, 0.6) is 0 Å². The number of amides is 2. The third-order valence-electron chi connectivity index (χ3n) is 5.17. The fraction of sp³-hybridized carbons (Fsp3) is 0.500. The van der Waals surface area contributed by atoms with Crippen molar-refractivity contribution in [2.45, 2.75) is 32.9 Å². The van der Waals surface area contributed by atoms with E-state index in [4.69, 9.17) is 0 Å². The van der Waals surface area contributed by atoms with Gasteiger partial charge in [0.25, 0.3) is 0 Å². The highest BCUT2D eigenvalue weighted by Crippen LogP contribution is 2.13. The van der Waals surface area contributed by atoms with E-state index in [1.165, 1.54) is 5.56 Å². The minimum atomic E-state index is -0.343. The molecule has 1 unspecified atom stereocenters. The quantitative estimate of drug-likeness (QED) is 0.779. The summed E-state index contributed by atoms with van der Waals surface area (Å²) in [5, 5.41) is 7.00. The number of hydrogen-bond donors (Lipinski definition) is 1. The Bertz CT molecular complexity index is 819. The van der Waals surface area contributed by atoms with Crippen LogP contribution in [0.4, 0.5) is 0 Å². The summed E-state index contributed by atoms with van der Waals surface area (Å²) < 4.78 is 1.62. The van der Waals surface area contributed by atoms with Gasteiger partial charge in [-0.25, -0.2) is 9.67 Å². The summed E-state index contributed by atoms with van der Waals surface area (Å²) in [7, 11) is 1.64. The van der Waals surface area contributed by atoms with Crippen LogP contribution in [0, 0.1) is 13.8 Å². The zero-order valence-corrected chi connectivity index (χ0v) is 16.8. The summed E-state index contributed by atoms with van der Waals surface area (Å²) in [5.74, 6) is 1.28. The van der Waals surface area contributed by atoms with Crippen LogP contribution in [-0.4, -0.2) is 75.6 Å². The first-order valence-electron chi connectivity index (χ1n) is 9.63. The summed E-state index contributed by atoms with van der Waals surface area (Å²) in [6.45, 7) is 6.24. The molecule has 1 atom stereocenters. The Labute approximate surface area is 165 Å². The molecule has 0 saturated carbocycles. The SMILES string of the molecule is CNC(=O)C1CN(C(=O)Cn2nc(C)nc2C)CCN1CCc1ccccc1. The average Bonchev–Trinajstić information content (AvgIpc) is 3.03. The van der Waals surface area contributed by atoms with Crippen molar-refractivity contribution in [3.8, 4) is 0 Å². The zero-order chi connectivity index (χ0) is 20.1. The maximum atomic E-state index is 12.8. The highest BCUT2D eigenvalue weighted by Gasteiger charge is 2.33. The number of benzene rings is 1. The molecule has 2 amide bonds. The summed E-state index contributed by atoms with van der Waals surface area (Å²) in [6, 6.07) is 9.89. The number of nitrogens with zero attached hydrogens (tertiary/aromatic N) is 5. The van der Waals surface area contributed by atoms with Gasteiger partial charge in [0.05, 0.1) is 0 Å². The summed E-state index contributed by atoms with van der Waals surface area (Å²) in [5.41, 5.74) is 1.24. The van der Waals surface area contributed by atoms with Crippen molar-refractivity contribution in [3.63, 3.8) is 0 Å². The highest BCUT2D eigenvalue weighted by molar-refractivity contribution is 5.83. The molecule has 8 nitrogen and oxygen atoms in total. The molecule has 0 aliphatic carbocycles. The van der Waals surface area contributed by atoms with Gasteiger partial charge in [-0.3, -0.25) is 14.5 Å². The largest absolute Gasteiger partial charge is 0.358 e. The highest BCUT2D eigenvalue weighted by atomic mass is 16.2. The second-order valence-electron chi connectivity index (χ2n) is 7.11. The van der Waals surface area contributed by atoms with Crippen molar-refractivity contribution in [1.82, 2.24) is 29.9 Å². The second-order valence-corrected chi connectivity index (χ2v) is 7.11. The van der Waals surface area contributed by atoms with Crippen LogP contribution in [0.2, 0.25) is 0 Å². The van der Waals surface area contributed by atoms with Crippen LogP contribution in [0.1, 0.15) is 17.2 Å². The van der Waals surface area contributed by atoms with Gasteiger partial charge >= 0.3 is 0 Å². The fourth-order valence-electron chi connectivity index (χ4n) is 3.59. The molecule has 8 heteroatoms. The number of hydrogen-bond acceptors (Lipinski definition) is 5. The monoisotopic (exact) mass is 384 g/mol. The van der Waals surface area contributed by atoms with Gasteiger partial charge < -0.3 is 10.2 Å². The third-order valence-corrected chi connectivity index (χ3v) is 5.17. The molecule has 1 aliphatic heterocycles. The lowest BCUT2D eigenvalue weighted by Crippen LogP contribution is -2.60. The molecule has 0 radical (unpaired) electrons. The van der Waals surface area contributed by atoms with Crippen LogP contribution in [0.15, 0.2) is 30.3 Å².